The molecule has 0 saturated heterocycles. The summed E-state index contributed by atoms with van der Waals surface area (Å²) in [5.74, 6) is 0.981. The smallest absolute Gasteiger partial charge is 0.126 e. The first-order chi connectivity index (χ1) is 8.77. The van der Waals surface area contributed by atoms with Crippen molar-refractivity contribution in [3.05, 3.63) is 30.1 Å². The summed E-state index contributed by atoms with van der Waals surface area (Å²) in [6.07, 6.45) is 1.86. The number of benzene rings is 1. The maximum atomic E-state index is 6.24. The van der Waals surface area contributed by atoms with E-state index in [1.165, 1.54) is 0 Å². The van der Waals surface area contributed by atoms with Gasteiger partial charge in [-0.15, -0.1) is 0 Å². The highest BCUT2D eigenvalue weighted by molar-refractivity contribution is 5.76. The van der Waals surface area contributed by atoms with Crippen LogP contribution in [0.5, 0.6) is 0 Å². The van der Waals surface area contributed by atoms with E-state index >= 15 is 0 Å². The lowest BCUT2D eigenvalue weighted by molar-refractivity contribution is 0.190. The summed E-state index contributed by atoms with van der Waals surface area (Å²) in [6, 6.07) is 8.16. The van der Waals surface area contributed by atoms with Crippen molar-refractivity contribution in [3.63, 3.8) is 0 Å². The first kappa shape index (κ1) is 13.1. The molecule has 0 amide bonds. The van der Waals surface area contributed by atoms with Gasteiger partial charge >= 0.3 is 0 Å². The van der Waals surface area contributed by atoms with Crippen molar-refractivity contribution in [3.8, 4) is 0 Å². The molecule has 0 radical (unpaired) electrons. The highest BCUT2D eigenvalue weighted by Crippen LogP contribution is 2.22. The fourth-order valence-electron chi connectivity index (χ4n) is 2.29. The van der Waals surface area contributed by atoms with Crippen LogP contribution in [0.4, 0.5) is 0 Å². The lowest BCUT2D eigenvalue weighted by atomic mass is 10.1. The third-order valence-corrected chi connectivity index (χ3v) is 3.20. The third kappa shape index (κ3) is 2.54. The second kappa shape index (κ2) is 5.98. The van der Waals surface area contributed by atoms with E-state index in [2.05, 4.69) is 22.5 Å². The largest absolute Gasteiger partial charge is 0.385 e. The molecule has 0 spiro atoms. The molecule has 2 rings (SSSR count). The molecule has 18 heavy (non-hydrogen) atoms. The van der Waals surface area contributed by atoms with Gasteiger partial charge in [-0.05, 0) is 31.9 Å². The number of hydrogen-bond donors (Lipinski definition) is 1. The van der Waals surface area contributed by atoms with Crippen molar-refractivity contribution >= 4 is 11.0 Å². The van der Waals surface area contributed by atoms with Crippen LogP contribution >= 0.6 is 0 Å². The molecular weight excluding hydrogens is 226 g/mol. The molecule has 0 bridgehead atoms. The lowest BCUT2D eigenvalue weighted by Crippen LogP contribution is -2.17. The predicted octanol–water partition coefficient (Wildman–Crippen LogP) is 2.48. The van der Waals surface area contributed by atoms with Gasteiger partial charge in [-0.2, -0.15) is 0 Å². The Hall–Kier alpha value is -1.39. The monoisotopic (exact) mass is 247 g/mol. The van der Waals surface area contributed by atoms with Gasteiger partial charge in [0, 0.05) is 20.3 Å². The van der Waals surface area contributed by atoms with Crippen LogP contribution in [-0.2, 0) is 11.3 Å². The Morgan fingerprint density at radius 2 is 2.17 bits per heavy atom. The summed E-state index contributed by atoms with van der Waals surface area (Å²) in [4.78, 5) is 4.66. The zero-order valence-electron chi connectivity index (χ0n) is 11.1. The van der Waals surface area contributed by atoms with Crippen LogP contribution in [0.1, 0.15) is 31.6 Å². The Balaban J connectivity index is 2.26. The van der Waals surface area contributed by atoms with Crippen molar-refractivity contribution in [1.82, 2.24) is 9.55 Å². The minimum atomic E-state index is -0.0208. The van der Waals surface area contributed by atoms with Gasteiger partial charge in [0.25, 0.3) is 0 Å². The average molecular weight is 247 g/mol. The third-order valence-electron chi connectivity index (χ3n) is 3.20. The molecule has 1 aromatic carbocycles. The van der Waals surface area contributed by atoms with E-state index in [4.69, 9.17) is 10.5 Å². The van der Waals surface area contributed by atoms with Crippen molar-refractivity contribution in [1.29, 1.82) is 0 Å². The van der Waals surface area contributed by atoms with Gasteiger partial charge in [0.2, 0.25) is 0 Å². The van der Waals surface area contributed by atoms with E-state index in [1.54, 1.807) is 7.11 Å². The van der Waals surface area contributed by atoms with Crippen LogP contribution in [0.2, 0.25) is 0 Å². The van der Waals surface area contributed by atoms with E-state index in [0.717, 1.165) is 42.9 Å². The van der Waals surface area contributed by atoms with Gasteiger partial charge in [-0.1, -0.05) is 12.1 Å². The molecule has 1 heterocycles. The summed E-state index contributed by atoms with van der Waals surface area (Å²) in [5.41, 5.74) is 8.43. The highest BCUT2D eigenvalue weighted by atomic mass is 16.5. The fourth-order valence-corrected chi connectivity index (χ4v) is 2.29. The molecule has 0 aliphatic heterocycles. The quantitative estimate of drug-likeness (QED) is 0.798. The molecule has 1 aromatic heterocycles. The normalized spacial score (nSPS) is 13.1. The fraction of sp³-hybridized carbons (Fsp3) is 0.500. The summed E-state index contributed by atoms with van der Waals surface area (Å²) in [5, 5.41) is 0. The minimum Gasteiger partial charge on any atom is -0.385 e. The van der Waals surface area contributed by atoms with Crippen LogP contribution in [0, 0.1) is 0 Å². The number of aromatic nitrogens is 2. The Morgan fingerprint density at radius 3 is 2.89 bits per heavy atom. The molecule has 4 nitrogen and oxygen atoms in total. The number of nitrogens with zero attached hydrogens (tertiary/aromatic N) is 2. The molecule has 1 atom stereocenters. The summed E-state index contributed by atoms with van der Waals surface area (Å²) in [7, 11) is 1.72. The van der Waals surface area contributed by atoms with E-state index in [1.807, 2.05) is 18.2 Å². The highest BCUT2D eigenvalue weighted by Gasteiger charge is 2.15. The van der Waals surface area contributed by atoms with Crippen LogP contribution < -0.4 is 5.73 Å². The van der Waals surface area contributed by atoms with Gasteiger partial charge in [0.05, 0.1) is 17.1 Å². The second-order valence-electron chi connectivity index (χ2n) is 4.44. The summed E-state index contributed by atoms with van der Waals surface area (Å²) >= 11 is 0. The van der Waals surface area contributed by atoms with Gasteiger partial charge in [-0.25, -0.2) is 4.98 Å². The number of para-hydroxylation sites is 2. The molecule has 1 unspecified atom stereocenters. The molecule has 0 aliphatic rings. The average Bonchev–Trinajstić information content (AvgIpc) is 2.77. The number of nitrogens with two attached hydrogens (primary N) is 1. The number of fused-ring (bicyclic) bond motifs is 1. The van der Waals surface area contributed by atoms with Crippen molar-refractivity contribution in [2.45, 2.75) is 32.4 Å². The molecule has 2 aromatic rings. The molecule has 0 aliphatic carbocycles. The molecular formula is C14H21N3O. The van der Waals surface area contributed by atoms with E-state index < -0.39 is 0 Å². The molecule has 0 saturated carbocycles. The predicted molar refractivity (Wildman–Crippen MR) is 73.4 cm³/mol. The van der Waals surface area contributed by atoms with Gasteiger partial charge in [-0.3, -0.25) is 0 Å². The number of aryl methyl sites for hydroxylation is 1. The summed E-state index contributed by atoms with van der Waals surface area (Å²) in [6.45, 7) is 3.77. The molecule has 0 fully saturated rings. The molecule has 98 valence electrons. The number of rotatable bonds is 6. The minimum absolute atomic E-state index is 0.0208. The van der Waals surface area contributed by atoms with Crippen molar-refractivity contribution < 1.29 is 4.74 Å². The van der Waals surface area contributed by atoms with Crippen LogP contribution in [0.3, 0.4) is 0 Å². The van der Waals surface area contributed by atoms with E-state index in [9.17, 15) is 0 Å². The van der Waals surface area contributed by atoms with Crippen LogP contribution in [-0.4, -0.2) is 23.3 Å². The topological polar surface area (TPSA) is 53.1 Å². The Morgan fingerprint density at radius 1 is 1.39 bits per heavy atom. The SMILES string of the molecule is CCn1c(C(N)CCCOC)nc2ccccc21. The zero-order valence-corrected chi connectivity index (χ0v) is 11.1. The Labute approximate surface area is 108 Å². The lowest BCUT2D eigenvalue weighted by Gasteiger charge is -2.13. The van der Waals surface area contributed by atoms with Gasteiger partial charge in [0.1, 0.15) is 5.82 Å². The Kier molecular flexibility index (Phi) is 4.33. The standard InChI is InChI=1S/C14H21N3O/c1-3-17-13-9-5-4-8-12(13)16-14(17)11(15)7-6-10-18-2/h4-5,8-9,11H,3,6-7,10,15H2,1-2H3. The summed E-state index contributed by atoms with van der Waals surface area (Å²) < 4.78 is 7.26. The maximum absolute atomic E-state index is 6.24. The van der Waals surface area contributed by atoms with Crippen LogP contribution in [0.25, 0.3) is 11.0 Å². The maximum Gasteiger partial charge on any atom is 0.126 e. The molecule has 4 heteroatoms. The van der Waals surface area contributed by atoms with Gasteiger partial charge < -0.3 is 15.0 Å². The second-order valence-corrected chi connectivity index (χ2v) is 4.44. The van der Waals surface area contributed by atoms with Crippen LogP contribution in [0.15, 0.2) is 24.3 Å². The number of ether oxygens (including phenoxy) is 1. The van der Waals surface area contributed by atoms with Crippen molar-refractivity contribution in [2.75, 3.05) is 13.7 Å². The van der Waals surface area contributed by atoms with E-state index in [-0.39, 0.29) is 6.04 Å². The zero-order chi connectivity index (χ0) is 13.0. The Bertz CT molecular complexity index is 507. The van der Waals surface area contributed by atoms with Gasteiger partial charge in [0.15, 0.2) is 0 Å². The number of methoxy groups -OCH3 is 1. The van der Waals surface area contributed by atoms with Crippen molar-refractivity contribution in [2.24, 2.45) is 5.73 Å². The first-order valence-corrected chi connectivity index (χ1v) is 6.47. The van der Waals surface area contributed by atoms with E-state index in [0.29, 0.717) is 0 Å². The number of imidazole rings is 1. The molecule has 2 N–H and O–H groups in total. The first-order valence-electron chi connectivity index (χ1n) is 6.47. The number of hydrogen-bond acceptors (Lipinski definition) is 3.